The Morgan fingerprint density at radius 2 is 1.68 bits per heavy atom. The van der Waals surface area contributed by atoms with E-state index in [2.05, 4.69) is 29.6 Å². The Hall–Kier alpha value is -1.69. The maximum absolute atomic E-state index is 13.3. The van der Waals surface area contributed by atoms with Gasteiger partial charge in [0.15, 0.2) is 0 Å². The van der Waals surface area contributed by atoms with Crippen LogP contribution in [0.15, 0.2) is 47.4 Å². The zero-order valence-corrected chi connectivity index (χ0v) is 20.8. The number of hydrogen-bond donors (Lipinski definition) is 1. The van der Waals surface area contributed by atoms with Gasteiger partial charge in [0.1, 0.15) is 6.04 Å². The summed E-state index contributed by atoms with van der Waals surface area (Å²) in [6.07, 6.45) is 0.809. The molecule has 0 fully saturated rings. The lowest BCUT2D eigenvalue weighted by Crippen LogP contribution is -2.50. The molecule has 0 aliphatic heterocycles. The molecule has 1 atom stereocenters. The van der Waals surface area contributed by atoms with Crippen LogP contribution >= 0.6 is 35.0 Å². The summed E-state index contributed by atoms with van der Waals surface area (Å²) in [5.41, 5.74) is 1.85. The van der Waals surface area contributed by atoms with Gasteiger partial charge in [-0.05, 0) is 51.5 Å². The minimum Gasteiger partial charge on any atom is -0.352 e. The molecule has 0 aliphatic carbocycles. The third kappa shape index (κ3) is 7.74. The molecule has 31 heavy (non-hydrogen) atoms. The first-order chi connectivity index (χ1) is 14.7. The van der Waals surface area contributed by atoms with Crippen molar-refractivity contribution in [3.8, 4) is 0 Å². The molecule has 0 aliphatic rings. The van der Waals surface area contributed by atoms with Gasteiger partial charge in [-0.2, -0.15) is 0 Å². The largest absolute Gasteiger partial charge is 0.352 e. The average molecular weight is 481 g/mol. The molecule has 7 heteroatoms. The van der Waals surface area contributed by atoms with Crippen LogP contribution in [0.2, 0.25) is 10.0 Å². The van der Waals surface area contributed by atoms with Gasteiger partial charge in [-0.15, -0.1) is 11.8 Å². The smallest absolute Gasteiger partial charge is 0.243 e. The second-order valence-corrected chi connectivity index (χ2v) is 9.70. The van der Waals surface area contributed by atoms with Crippen molar-refractivity contribution in [2.75, 3.05) is 5.75 Å². The molecule has 4 nitrogen and oxygen atoms in total. The Kier molecular flexibility index (Phi) is 10.2. The molecule has 2 amide bonds. The summed E-state index contributed by atoms with van der Waals surface area (Å²) in [5.74, 6) is 0.359. The molecule has 2 rings (SSSR count). The molecule has 0 saturated heterocycles. The van der Waals surface area contributed by atoms with Crippen LogP contribution in [0.4, 0.5) is 0 Å². The van der Waals surface area contributed by atoms with E-state index in [-0.39, 0.29) is 24.4 Å². The summed E-state index contributed by atoms with van der Waals surface area (Å²) in [6.45, 7) is 7.94. The number of nitrogens with one attached hydrogen (secondary N) is 1. The van der Waals surface area contributed by atoms with Gasteiger partial charge in [-0.3, -0.25) is 9.59 Å². The lowest BCUT2D eigenvalue weighted by atomic mass is 10.1. The Morgan fingerprint density at radius 1 is 1.06 bits per heavy atom. The number of carbonyl (C=O) groups excluding carboxylic acids is 2. The number of nitrogens with zero attached hydrogens (tertiary/aromatic N) is 1. The lowest BCUT2D eigenvalue weighted by Gasteiger charge is -2.31. The van der Waals surface area contributed by atoms with Crippen LogP contribution in [0.5, 0.6) is 0 Å². The fourth-order valence-corrected chi connectivity index (χ4v) is 4.55. The molecule has 168 valence electrons. The molecular weight excluding hydrogens is 451 g/mol. The number of thioether (sulfide) groups is 1. The van der Waals surface area contributed by atoms with Crippen LogP contribution in [0.1, 0.15) is 44.7 Å². The normalized spacial score (nSPS) is 12.0. The number of hydrogen-bond acceptors (Lipinski definition) is 3. The first-order valence-electron chi connectivity index (χ1n) is 10.4. The maximum Gasteiger partial charge on any atom is 0.243 e. The zero-order chi connectivity index (χ0) is 23.0. The van der Waals surface area contributed by atoms with Crippen molar-refractivity contribution in [3.05, 3.63) is 63.6 Å². The molecule has 0 bridgehead atoms. The molecule has 0 aromatic heterocycles. The van der Waals surface area contributed by atoms with Crippen molar-refractivity contribution < 1.29 is 9.59 Å². The first kappa shape index (κ1) is 25.6. The number of aryl methyl sites for hydroxylation is 1. The number of rotatable bonds is 10. The van der Waals surface area contributed by atoms with E-state index < -0.39 is 6.04 Å². The van der Waals surface area contributed by atoms with Crippen molar-refractivity contribution in [1.29, 1.82) is 0 Å². The Morgan fingerprint density at radius 3 is 2.23 bits per heavy atom. The summed E-state index contributed by atoms with van der Waals surface area (Å²) in [5, 5.41) is 3.90. The lowest BCUT2D eigenvalue weighted by molar-refractivity contribution is -0.141. The monoisotopic (exact) mass is 480 g/mol. The van der Waals surface area contributed by atoms with E-state index in [1.807, 2.05) is 27.7 Å². The van der Waals surface area contributed by atoms with E-state index in [1.54, 1.807) is 34.9 Å². The molecule has 1 N–H and O–H groups in total. The first-order valence-corrected chi connectivity index (χ1v) is 12.2. The molecule has 0 radical (unpaired) electrons. The zero-order valence-electron chi connectivity index (χ0n) is 18.5. The summed E-state index contributed by atoms with van der Waals surface area (Å²) < 4.78 is 0. The van der Waals surface area contributed by atoms with E-state index in [9.17, 15) is 9.59 Å². The predicted octanol–water partition coefficient (Wildman–Crippen LogP) is 6.12. The highest BCUT2D eigenvalue weighted by Gasteiger charge is 2.29. The van der Waals surface area contributed by atoms with Gasteiger partial charge in [0, 0.05) is 45.3 Å². The van der Waals surface area contributed by atoms with Crippen molar-refractivity contribution in [1.82, 2.24) is 10.2 Å². The Labute approximate surface area is 199 Å². The Balaban J connectivity index is 2.19. The van der Waals surface area contributed by atoms with E-state index in [1.165, 1.54) is 5.56 Å². The molecule has 0 saturated carbocycles. The fraction of sp³-hybridized carbons (Fsp3) is 0.417. The second-order valence-electron chi connectivity index (χ2n) is 7.72. The van der Waals surface area contributed by atoms with E-state index in [4.69, 9.17) is 23.2 Å². The molecule has 0 heterocycles. The summed E-state index contributed by atoms with van der Waals surface area (Å²) in [6, 6.07) is 12.9. The predicted molar refractivity (Wildman–Crippen MR) is 131 cm³/mol. The van der Waals surface area contributed by atoms with E-state index >= 15 is 0 Å². The highest BCUT2D eigenvalue weighted by atomic mass is 35.5. The van der Waals surface area contributed by atoms with Gasteiger partial charge in [0.25, 0.3) is 0 Å². The van der Waals surface area contributed by atoms with Crippen LogP contribution in [0, 0.1) is 6.92 Å². The topological polar surface area (TPSA) is 49.4 Å². The van der Waals surface area contributed by atoms with Crippen LogP contribution in [-0.4, -0.2) is 34.6 Å². The summed E-state index contributed by atoms with van der Waals surface area (Å²) in [4.78, 5) is 28.8. The fourth-order valence-electron chi connectivity index (χ4n) is 3.19. The van der Waals surface area contributed by atoms with Gasteiger partial charge in [0.05, 0.1) is 0 Å². The van der Waals surface area contributed by atoms with Crippen LogP contribution in [0.3, 0.4) is 0 Å². The SMILES string of the molecule is CCC(C(=O)NC(C)C)N(Cc1c(Cl)cccc1Cl)C(=O)CCSc1ccc(C)cc1. The van der Waals surface area contributed by atoms with Crippen molar-refractivity contribution in [2.45, 2.75) is 64.1 Å². The molecule has 2 aromatic rings. The standard InChI is InChI=1S/C24H30Cl2N2O2S/c1-5-22(24(30)27-16(2)3)28(15-19-20(25)7-6-8-21(19)26)23(29)13-14-31-18-11-9-17(4)10-12-18/h6-12,16,22H,5,13-15H2,1-4H3,(H,27,30). The third-order valence-corrected chi connectivity index (χ3v) is 6.53. The average Bonchev–Trinajstić information content (AvgIpc) is 2.70. The van der Waals surface area contributed by atoms with Gasteiger partial charge in [0.2, 0.25) is 11.8 Å². The highest BCUT2D eigenvalue weighted by Crippen LogP contribution is 2.28. The molecule has 2 aromatic carbocycles. The minimum absolute atomic E-state index is 0.0144. The number of halogens is 2. The van der Waals surface area contributed by atoms with Crippen molar-refractivity contribution in [2.24, 2.45) is 0 Å². The molecule has 1 unspecified atom stereocenters. The molecular formula is C24H30Cl2N2O2S. The van der Waals surface area contributed by atoms with Gasteiger partial charge in [-0.1, -0.05) is 53.9 Å². The van der Waals surface area contributed by atoms with E-state index in [0.29, 0.717) is 34.2 Å². The highest BCUT2D eigenvalue weighted by molar-refractivity contribution is 7.99. The summed E-state index contributed by atoms with van der Waals surface area (Å²) in [7, 11) is 0. The maximum atomic E-state index is 13.3. The third-order valence-electron chi connectivity index (χ3n) is 4.81. The van der Waals surface area contributed by atoms with Crippen molar-refractivity contribution in [3.63, 3.8) is 0 Å². The minimum atomic E-state index is -0.591. The van der Waals surface area contributed by atoms with Crippen LogP contribution in [0.25, 0.3) is 0 Å². The van der Waals surface area contributed by atoms with Crippen molar-refractivity contribution >= 4 is 46.8 Å². The number of carbonyl (C=O) groups is 2. The second kappa shape index (κ2) is 12.4. The number of amides is 2. The molecule has 0 spiro atoms. The quantitative estimate of drug-likeness (QED) is 0.416. The van der Waals surface area contributed by atoms with Gasteiger partial charge >= 0.3 is 0 Å². The summed E-state index contributed by atoms with van der Waals surface area (Å²) >= 11 is 14.3. The van der Waals surface area contributed by atoms with Gasteiger partial charge in [-0.25, -0.2) is 0 Å². The Bertz CT molecular complexity index is 867. The van der Waals surface area contributed by atoms with Gasteiger partial charge < -0.3 is 10.2 Å². The van der Waals surface area contributed by atoms with Crippen LogP contribution in [-0.2, 0) is 16.1 Å². The van der Waals surface area contributed by atoms with E-state index in [0.717, 1.165) is 4.90 Å². The van der Waals surface area contributed by atoms with Crippen LogP contribution < -0.4 is 5.32 Å². The number of benzene rings is 2.